The summed E-state index contributed by atoms with van der Waals surface area (Å²) in [5.74, 6) is -0.422. The second-order valence-corrected chi connectivity index (χ2v) is 3.98. The van der Waals surface area contributed by atoms with Gasteiger partial charge in [0.25, 0.3) is 0 Å². The van der Waals surface area contributed by atoms with Crippen LogP contribution < -0.4 is 5.63 Å². The number of fused-ring (bicyclic) bond motifs is 1. The van der Waals surface area contributed by atoms with Gasteiger partial charge in [0.15, 0.2) is 0 Å². The second-order valence-electron chi connectivity index (χ2n) is 3.98. The van der Waals surface area contributed by atoms with Crippen molar-refractivity contribution >= 4 is 16.9 Å². The van der Waals surface area contributed by atoms with E-state index in [0.29, 0.717) is 11.2 Å². The number of hydrogen-bond donors (Lipinski definition) is 0. The highest BCUT2D eigenvalue weighted by Gasteiger charge is 2.04. The van der Waals surface area contributed by atoms with E-state index < -0.39 is 5.97 Å². The largest absolute Gasteiger partial charge is 0.457 e. The van der Waals surface area contributed by atoms with Crippen LogP contribution >= 0.6 is 0 Å². The fraction of sp³-hybridized carbons (Fsp3) is 0.143. The molecule has 4 heteroatoms. The number of carbonyl (C=O) groups is 1. The number of benzene rings is 1. The smallest absolute Gasteiger partial charge is 0.336 e. The maximum Gasteiger partial charge on any atom is 0.336 e. The maximum absolute atomic E-state index is 11.2. The summed E-state index contributed by atoms with van der Waals surface area (Å²) in [6, 6.07) is 8.26. The van der Waals surface area contributed by atoms with Crippen LogP contribution in [0.25, 0.3) is 11.0 Å². The molecule has 0 aliphatic carbocycles. The van der Waals surface area contributed by atoms with Gasteiger partial charge < -0.3 is 9.15 Å². The standard InChI is InChI=1S/C14H12O4/c1-9(2)14(16)17-8-10-3-5-12-11(7-10)4-6-13(15)18-12/h3-7H,1,8H2,2H3. The monoisotopic (exact) mass is 244 g/mol. The van der Waals surface area contributed by atoms with Crippen molar-refractivity contribution in [3.8, 4) is 0 Å². The summed E-state index contributed by atoms with van der Waals surface area (Å²) >= 11 is 0. The molecule has 0 saturated heterocycles. The number of hydrogen-bond acceptors (Lipinski definition) is 4. The van der Waals surface area contributed by atoms with Crippen molar-refractivity contribution in [1.29, 1.82) is 0 Å². The number of ether oxygens (including phenoxy) is 1. The Morgan fingerprint density at radius 1 is 1.33 bits per heavy atom. The summed E-state index contributed by atoms with van der Waals surface area (Å²) in [6.07, 6.45) is 0. The van der Waals surface area contributed by atoms with Crippen molar-refractivity contribution < 1.29 is 13.9 Å². The lowest BCUT2D eigenvalue weighted by molar-refractivity contribution is -0.140. The molecule has 4 nitrogen and oxygen atoms in total. The van der Waals surface area contributed by atoms with E-state index >= 15 is 0 Å². The third kappa shape index (κ3) is 2.66. The van der Waals surface area contributed by atoms with Crippen LogP contribution in [0.15, 0.2) is 51.7 Å². The topological polar surface area (TPSA) is 56.5 Å². The summed E-state index contributed by atoms with van der Waals surface area (Å²) in [5.41, 5.74) is 1.31. The van der Waals surface area contributed by atoms with Crippen molar-refractivity contribution in [3.05, 3.63) is 58.5 Å². The molecule has 2 rings (SSSR count). The fourth-order valence-electron chi connectivity index (χ4n) is 1.48. The van der Waals surface area contributed by atoms with E-state index in [0.717, 1.165) is 10.9 Å². The Morgan fingerprint density at radius 2 is 2.11 bits per heavy atom. The first-order valence-corrected chi connectivity index (χ1v) is 5.42. The Morgan fingerprint density at radius 3 is 2.83 bits per heavy atom. The van der Waals surface area contributed by atoms with Gasteiger partial charge in [0.2, 0.25) is 0 Å². The molecule has 0 N–H and O–H groups in total. The minimum atomic E-state index is -0.422. The lowest BCUT2D eigenvalue weighted by atomic mass is 10.1. The molecule has 0 spiro atoms. The van der Waals surface area contributed by atoms with Crippen molar-refractivity contribution in [2.24, 2.45) is 0 Å². The van der Waals surface area contributed by atoms with Crippen LogP contribution in [0.4, 0.5) is 0 Å². The first-order chi connectivity index (χ1) is 8.56. The molecule has 0 aliphatic rings. The van der Waals surface area contributed by atoms with E-state index in [1.54, 1.807) is 25.1 Å². The van der Waals surface area contributed by atoms with Gasteiger partial charge in [0, 0.05) is 17.0 Å². The molecule has 18 heavy (non-hydrogen) atoms. The molecule has 0 unspecified atom stereocenters. The van der Waals surface area contributed by atoms with Crippen LogP contribution in [-0.2, 0) is 16.1 Å². The van der Waals surface area contributed by atoms with E-state index in [1.165, 1.54) is 6.07 Å². The van der Waals surface area contributed by atoms with Crippen LogP contribution in [-0.4, -0.2) is 5.97 Å². The molecule has 0 aliphatic heterocycles. The predicted octanol–water partition coefficient (Wildman–Crippen LogP) is 2.41. The highest BCUT2D eigenvalue weighted by atomic mass is 16.5. The Balaban J connectivity index is 2.20. The second kappa shape index (κ2) is 4.87. The van der Waals surface area contributed by atoms with E-state index in [9.17, 15) is 9.59 Å². The van der Waals surface area contributed by atoms with Gasteiger partial charge in [-0.15, -0.1) is 0 Å². The zero-order chi connectivity index (χ0) is 13.1. The summed E-state index contributed by atoms with van der Waals surface area (Å²) in [4.78, 5) is 22.3. The first kappa shape index (κ1) is 12.1. The molecule has 0 fully saturated rings. The van der Waals surface area contributed by atoms with Crippen molar-refractivity contribution in [3.63, 3.8) is 0 Å². The van der Waals surface area contributed by atoms with Crippen molar-refractivity contribution in [2.45, 2.75) is 13.5 Å². The Hall–Kier alpha value is -2.36. The summed E-state index contributed by atoms with van der Waals surface area (Å²) in [6.45, 7) is 5.26. The third-order valence-electron chi connectivity index (χ3n) is 2.40. The van der Waals surface area contributed by atoms with Crippen LogP contribution in [0.5, 0.6) is 0 Å². The molecule has 0 amide bonds. The maximum atomic E-state index is 11.2. The molecule has 2 aromatic rings. The molecule has 1 aromatic carbocycles. The number of esters is 1. The Labute approximate surface area is 103 Å². The predicted molar refractivity (Wildman–Crippen MR) is 67.1 cm³/mol. The van der Waals surface area contributed by atoms with Gasteiger partial charge in [-0.1, -0.05) is 12.6 Å². The molecule has 92 valence electrons. The van der Waals surface area contributed by atoms with Crippen molar-refractivity contribution in [2.75, 3.05) is 0 Å². The lowest BCUT2D eigenvalue weighted by Crippen LogP contribution is -2.04. The fourth-order valence-corrected chi connectivity index (χ4v) is 1.48. The SMILES string of the molecule is C=C(C)C(=O)OCc1ccc2oc(=O)ccc2c1. The first-order valence-electron chi connectivity index (χ1n) is 5.42. The zero-order valence-corrected chi connectivity index (χ0v) is 9.93. The lowest BCUT2D eigenvalue weighted by Gasteiger charge is -2.05. The van der Waals surface area contributed by atoms with E-state index in [-0.39, 0.29) is 12.2 Å². The molecule has 0 radical (unpaired) electrons. The van der Waals surface area contributed by atoms with Crippen LogP contribution in [0.3, 0.4) is 0 Å². The molecule has 0 saturated carbocycles. The Bertz CT molecular complexity index is 667. The number of rotatable bonds is 3. The summed E-state index contributed by atoms with van der Waals surface area (Å²) in [5, 5.41) is 0.790. The van der Waals surface area contributed by atoms with Crippen LogP contribution in [0, 0.1) is 0 Å². The third-order valence-corrected chi connectivity index (χ3v) is 2.40. The van der Waals surface area contributed by atoms with Gasteiger partial charge in [-0.05, 0) is 30.7 Å². The van der Waals surface area contributed by atoms with E-state index in [2.05, 4.69) is 6.58 Å². The quantitative estimate of drug-likeness (QED) is 0.472. The van der Waals surface area contributed by atoms with Gasteiger partial charge in [0.05, 0.1) is 0 Å². The molecular formula is C14H12O4. The van der Waals surface area contributed by atoms with Gasteiger partial charge in [-0.2, -0.15) is 0 Å². The molecule has 0 atom stereocenters. The highest BCUT2D eigenvalue weighted by molar-refractivity contribution is 5.87. The van der Waals surface area contributed by atoms with Gasteiger partial charge in [-0.3, -0.25) is 0 Å². The average molecular weight is 244 g/mol. The number of carbonyl (C=O) groups excluding carboxylic acids is 1. The minimum absolute atomic E-state index is 0.167. The van der Waals surface area contributed by atoms with Gasteiger partial charge in [0.1, 0.15) is 12.2 Å². The minimum Gasteiger partial charge on any atom is -0.457 e. The van der Waals surface area contributed by atoms with Crippen molar-refractivity contribution in [1.82, 2.24) is 0 Å². The zero-order valence-electron chi connectivity index (χ0n) is 9.93. The molecule has 0 bridgehead atoms. The highest BCUT2D eigenvalue weighted by Crippen LogP contribution is 2.15. The van der Waals surface area contributed by atoms with Crippen LogP contribution in [0.2, 0.25) is 0 Å². The molecule has 1 aromatic heterocycles. The summed E-state index contributed by atoms with van der Waals surface area (Å²) in [7, 11) is 0. The van der Waals surface area contributed by atoms with Gasteiger partial charge >= 0.3 is 11.6 Å². The normalized spacial score (nSPS) is 10.3. The van der Waals surface area contributed by atoms with E-state index in [1.807, 2.05) is 6.07 Å². The van der Waals surface area contributed by atoms with Crippen LogP contribution in [0.1, 0.15) is 12.5 Å². The average Bonchev–Trinajstić information content (AvgIpc) is 2.35. The van der Waals surface area contributed by atoms with Gasteiger partial charge in [-0.25, -0.2) is 9.59 Å². The molecule has 1 heterocycles. The van der Waals surface area contributed by atoms with E-state index in [4.69, 9.17) is 9.15 Å². The summed E-state index contributed by atoms with van der Waals surface area (Å²) < 4.78 is 10.0. The Kier molecular flexibility index (Phi) is 3.28. The molecular weight excluding hydrogens is 232 g/mol.